The molecule has 2 unspecified atom stereocenters. The predicted octanol–water partition coefficient (Wildman–Crippen LogP) is 1.19. The van der Waals surface area contributed by atoms with Crippen molar-refractivity contribution in [3.63, 3.8) is 0 Å². The second-order valence-corrected chi connectivity index (χ2v) is 6.65. The Morgan fingerprint density at radius 3 is 2.57 bits per heavy atom. The normalized spacial score (nSPS) is 27.7. The van der Waals surface area contributed by atoms with E-state index in [2.05, 4.69) is 9.97 Å². The first-order chi connectivity index (χ1) is 10.8. The van der Waals surface area contributed by atoms with Crippen LogP contribution in [0.1, 0.15) is 20.8 Å². The Bertz CT molecular complexity index is 580. The van der Waals surface area contributed by atoms with Crippen molar-refractivity contribution in [2.24, 2.45) is 0 Å². The molecule has 2 aliphatic rings. The number of fused-ring (bicyclic) bond motifs is 1. The summed E-state index contributed by atoms with van der Waals surface area (Å²) >= 11 is 5.71. The summed E-state index contributed by atoms with van der Waals surface area (Å²) in [6, 6.07) is 1.60. The first kappa shape index (κ1) is 16.4. The topological polar surface area (TPSA) is 83.0 Å². The number of nitrogens with zero attached hydrogens (tertiary/aromatic N) is 3. The number of carbonyl (C=O) groups excluding carboxylic acids is 1. The van der Waals surface area contributed by atoms with Gasteiger partial charge in [0.2, 0.25) is 11.2 Å². The van der Waals surface area contributed by atoms with Crippen molar-refractivity contribution in [3.05, 3.63) is 17.5 Å². The molecule has 0 aromatic carbocycles. The first-order valence-electron chi connectivity index (χ1n) is 7.25. The largest absolute Gasteiger partial charge is 0.456 e. The molecule has 9 heteroatoms. The van der Waals surface area contributed by atoms with Crippen LogP contribution in [0.4, 0.5) is 0 Å². The molecule has 0 N–H and O–H groups in total. The molecule has 2 atom stereocenters. The molecular formula is C14H18ClN3O5. The van der Waals surface area contributed by atoms with Gasteiger partial charge in [-0.3, -0.25) is 0 Å². The predicted molar refractivity (Wildman–Crippen MR) is 78.6 cm³/mol. The van der Waals surface area contributed by atoms with Crippen LogP contribution in [0.15, 0.2) is 12.3 Å². The smallest absolute Gasteiger partial charge is 0.364 e. The molecule has 2 saturated heterocycles. The Morgan fingerprint density at radius 2 is 2.00 bits per heavy atom. The quantitative estimate of drug-likeness (QED) is 0.598. The Hall–Kier alpha value is -1.48. The number of hydrogen-bond donors (Lipinski definition) is 0. The van der Waals surface area contributed by atoms with Crippen LogP contribution < -0.4 is 4.84 Å². The highest BCUT2D eigenvalue weighted by molar-refractivity contribution is 6.28. The number of hydroxylamine groups is 2. The molecule has 3 heterocycles. The van der Waals surface area contributed by atoms with E-state index >= 15 is 0 Å². The molecular weight excluding hydrogens is 326 g/mol. The molecule has 0 amide bonds. The summed E-state index contributed by atoms with van der Waals surface area (Å²) < 4.78 is 16.5. The van der Waals surface area contributed by atoms with Crippen LogP contribution in [-0.4, -0.2) is 58.2 Å². The summed E-state index contributed by atoms with van der Waals surface area (Å²) in [6.07, 6.45) is 0.00198. The summed E-state index contributed by atoms with van der Waals surface area (Å²) in [5, 5.41) is 1.76. The fourth-order valence-electron chi connectivity index (χ4n) is 2.36. The molecule has 1 aromatic heterocycles. The van der Waals surface area contributed by atoms with Crippen LogP contribution in [0.3, 0.4) is 0 Å². The van der Waals surface area contributed by atoms with Crippen molar-refractivity contribution < 1.29 is 23.8 Å². The molecule has 0 radical (unpaired) electrons. The molecule has 23 heavy (non-hydrogen) atoms. The molecule has 0 saturated carbocycles. The SMILES string of the molecule is CC(C)(C)OC(=O)C1OC2CN(Oc3ccnc(Cl)n3)CC2O1. The lowest BCUT2D eigenvalue weighted by Gasteiger charge is -2.22. The van der Waals surface area contributed by atoms with Gasteiger partial charge in [-0.25, -0.2) is 9.78 Å². The van der Waals surface area contributed by atoms with Crippen molar-refractivity contribution in [3.8, 4) is 5.88 Å². The third-order valence-electron chi connectivity index (χ3n) is 3.20. The van der Waals surface area contributed by atoms with Crippen molar-refractivity contribution in [2.75, 3.05) is 13.1 Å². The van der Waals surface area contributed by atoms with Gasteiger partial charge in [-0.05, 0) is 32.4 Å². The molecule has 126 valence electrons. The molecule has 1 aromatic rings. The van der Waals surface area contributed by atoms with E-state index in [1.807, 2.05) is 0 Å². The third kappa shape index (κ3) is 4.08. The minimum absolute atomic E-state index is 0.111. The van der Waals surface area contributed by atoms with E-state index in [0.717, 1.165) is 0 Å². The highest BCUT2D eigenvalue weighted by Crippen LogP contribution is 2.28. The molecule has 3 rings (SSSR count). The van der Waals surface area contributed by atoms with Crippen molar-refractivity contribution in [1.82, 2.24) is 15.0 Å². The maximum atomic E-state index is 12.0. The number of esters is 1. The molecule has 0 bridgehead atoms. The van der Waals surface area contributed by atoms with Gasteiger partial charge in [-0.1, -0.05) is 0 Å². The zero-order valence-corrected chi connectivity index (χ0v) is 13.8. The van der Waals surface area contributed by atoms with Crippen LogP contribution in [0.25, 0.3) is 0 Å². The molecule has 2 fully saturated rings. The summed E-state index contributed by atoms with van der Waals surface area (Å²) in [5.41, 5.74) is -0.580. The Kier molecular flexibility index (Phi) is 4.41. The lowest BCUT2D eigenvalue weighted by Crippen LogP contribution is -2.35. The molecule has 0 spiro atoms. The van der Waals surface area contributed by atoms with Gasteiger partial charge in [0.15, 0.2) is 0 Å². The highest BCUT2D eigenvalue weighted by atomic mass is 35.5. The standard InChI is InChI=1S/C14H18ClN3O5/c1-14(2,3)22-11(19)12-20-8-6-18(7-9(8)21-12)23-10-4-5-16-13(15)17-10/h4-5,8-9,12H,6-7H2,1-3H3. The van der Waals surface area contributed by atoms with Gasteiger partial charge in [-0.15, -0.1) is 5.06 Å². The fraction of sp³-hybridized carbons (Fsp3) is 0.643. The summed E-state index contributed by atoms with van der Waals surface area (Å²) in [4.78, 5) is 25.3. The van der Waals surface area contributed by atoms with Gasteiger partial charge < -0.3 is 19.0 Å². The lowest BCUT2D eigenvalue weighted by atomic mass is 10.2. The number of hydrogen-bond acceptors (Lipinski definition) is 8. The number of rotatable bonds is 3. The van der Waals surface area contributed by atoms with Crippen molar-refractivity contribution in [2.45, 2.75) is 44.9 Å². The van der Waals surface area contributed by atoms with Gasteiger partial charge in [0.05, 0.1) is 13.1 Å². The second-order valence-electron chi connectivity index (χ2n) is 6.32. The van der Waals surface area contributed by atoms with Gasteiger partial charge >= 0.3 is 5.97 Å². The number of halogens is 1. The van der Waals surface area contributed by atoms with E-state index in [0.29, 0.717) is 19.0 Å². The third-order valence-corrected chi connectivity index (χ3v) is 3.38. The highest BCUT2D eigenvalue weighted by Gasteiger charge is 2.47. The van der Waals surface area contributed by atoms with Crippen LogP contribution in [0.5, 0.6) is 5.88 Å². The van der Waals surface area contributed by atoms with Crippen LogP contribution in [0, 0.1) is 0 Å². The van der Waals surface area contributed by atoms with E-state index in [1.54, 1.807) is 31.9 Å². The maximum absolute atomic E-state index is 12.0. The van der Waals surface area contributed by atoms with Crippen LogP contribution in [0.2, 0.25) is 5.28 Å². The number of carbonyl (C=O) groups is 1. The zero-order valence-electron chi connectivity index (χ0n) is 13.1. The average Bonchev–Trinajstić information content (AvgIpc) is 2.94. The summed E-state index contributed by atoms with van der Waals surface area (Å²) in [7, 11) is 0. The van der Waals surface area contributed by atoms with E-state index in [-0.39, 0.29) is 17.5 Å². The van der Waals surface area contributed by atoms with Crippen LogP contribution in [-0.2, 0) is 19.0 Å². The molecule has 0 aliphatic carbocycles. The molecule has 8 nitrogen and oxygen atoms in total. The first-order valence-corrected chi connectivity index (χ1v) is 7.63. The van der Waals surface area contributed by atoms with E-state index in [4.69, 9.17) is 30.6 Å². The Balaban J connectivity index is 1.52. The zero-order chi connectivity index (χ0) is 16.6. The van der Waals surface area contributed by atoms with Crippen molar-refractivity contribution in [1.29, 1.82) is 0 Å². The number of ether oxygens (including phenoxy) is 3. The van der Waals surface area contributed by atoms with Crippen molar-refractivity contribution >= 4 is 17.6 Å². The fourth-order valence-corrected chi connectivity index (χ4v) is 2.50. The lowest BCUT2D eigenvalue weighted by molar-refractivity contribution is -0.192. The van der Waals surface area contributed by atoms with Gasteiger partial charge in [0.1, 0.15) is 17.8 Å². The summed E-state index contributed by atoms with van der Waals surface area (Å²) in [6.45, 7) is 6.28. The minimum Gasteiger partial charge on any atom is -0.456 e. The summed E-state index contributed by atoms with van der Waals surface area (Å²) in [5.74, 6) is -0.171. The Labute approximate surface area is 138 Å². The monoisotopic (exact) mass is 343 g/mol. The van der Waals surface area contributed by atoms with E-state index in [1.165, 1.54) is 6.20 Å². The number of aromatic nitrogens is 2. The van der Waals surface area contributed by atoms with E-state index < -0.39 is 17.9 Å². The molecule has 2 aliphatic heterocycles. The van der Waals surface area contributed by atoms with Gasteiger partial charge in [-0.2, -0.15) is 4.98 Å². The van der Waals surface area contributed by atoms with Gasteiger partial charge in [0.25, 0.3) is 6.29 Å². The van der Waals surface area contributed by atoms with Crippen LogP contribution >= 0.6 is 11.6 Å². The van der Waals surface area contributed by atoms with Gasteiger partial charge in [0, 0.05) is 12.3 Å². The average molecular weight is 344 g/mol. The Morgan fingerprint density at radius 1 is 1.35 bits per heavy atom. The van der Waals surface area contributed by atoms with E-state index in [9.17, 15) is 4.79 Å². The minimum atomic E-state index is -0.986. The maximum Gasteiger partial charge on any atom is 0.364 e. The second kappa shape index (κ2) is 6.20.